The number of carboxylic acid groups (broad SMARTS) is 1. The summed E-state index contributed by atoms with van der Waals surface area (Å²) in [5, 5.41) is 8.86. The Balaban J connectivity index is 2.99. The summed E-state index contributed by atoms with van der Waals surface area (Å²) in [5.74, 6) is 0.113. The monoisotopic (exact) mass is 253 g/mol. The van der Waals surface area contributed by atoms with Crippen LogP contribution in [0.4, 0.5) is 0 Å². The number of aliphatic carboxylic acids is 1. The Bertz CT molecular complexity index is 417. The van der Waals surface area contributed by atoms with E-state index in [2.05, 4.69) is 0 Å². The van der Waals surface area contributed by atoms with Crippen molar-refractivity contribution in [2.24, 2.45) is 5.73 Å². The predicted molar refractivity (Wildman–Crippen MR) is 68.1 cm³/mol. The Morgan fingerprint density at radius 2 is 2.11 bits per heavy atom. The molecular weight excluding hydrogens is 234 g/mol. The molecule has 100 valence electrons. The Hall–Kier alpha value is -1.75. The fraction of sp³-hybridized carbons (Fsp3) is 0.462. The molecule has 0 aliphatic rings. The molecule has 0 bridgehead atoms. The van der Waals surface area contributed by atoms with Gasteiger partial charge in [-0.1, -0.05) is 6.07 Å². The van der Waals surface area contributed by atoms with Crippen molar-refractivity contribution >= 4 is 5.97 Å². The average molecular weight is 253 g/mol. The third-order valence-corrected chi connectivity index (χ3v) is 2.47. The molecule has 0 fully saturated rings. The summed E-state index contributed by atoms with van der Waals surface area (Å²) < 4.78 is 10.5. The van der Waals surface area contributed by atoms with Crippen LogP contribution in [0.15, 0.2) is 18.2 Å². The maximum Gasteiger partial charge on any atom is 0.344 e. The van der Waals surface area contributed by atoms with Crippen molar-refractivity contribution < 1.29 is 19.4 Å². The molecule has 0 aromatic heterocycles. The first-order chi connectivity index (χ1) is 8.43. The zero-order valence-electron chi connectivity index (χ0n) is 10.8. The van der Waals surface area contributed by atoms with Gasteiger partial charge in [-0.3, -0.25) is 0 Å². The van der Waals surface area contributed by atoms with Crippen LogP contribution in [0.5, 0.6) is 11.5 Å². The van der Waals surface area contributed by atoms with Gasteiger partial charge < -0.3 is 20.3 Å². The Morgan fingerprint density at radius 1 is 1.44 bits per heavy atom. The van der Waals surface area contributed by atoms with E-state index < -0.39 is 12.1 Å². The van der Waals surface area contributed by atoms with E-state index >= 15 is 0 Å². The number of carbonyl (C=O) groups is 1. The maximum absolute atomic E-state index is 10.8. The molecule has 2 unspecified atom stereocenters. The summed E-state index contributed by atoms with van der Waals surface area (Å²) in [6, 6.07) is 5.29. The number of nitrogens with two attached hydrogens (primary N) is 1. The molecule has 3 N–H and O–H groups in total. The molecule has 0 aliphatic heterocycles. The average Bonchev–Trinajstić information content (AvgIpc) is 2.30. The maximum atomic E-state index is 10.8. The van der Waals surface area contributed by atoms with Crippen LogP contribution in [0.1, 0.15) is 19.4 Å². The summed E-state index contributed by atoms with van der Waals surface area (Å²) in [7, 11) is 1.55. The van der Waals surface area contributed by atoms with E-state index in [1.807, 2.05) is 13.0 Å². The largest absolute Gasteiger partial charge is 0.497 e. The molecular formula is C13H19NO4. The summed E-state index contributed by atoms with van der Waals surface area (Å²) >= 11 is 0. The third kappa shape index (κ3) is 3.92. The van der Waals surface area contributed by atoms with Crippen LogP contribution in [0, 0.1) is 0 Å². The van der Waals surface area contributed by atoms with Gasteiger partial charge in [0.25, 0.3) is 0 Å². The highest BCUT2D eigenvalue weighted by Crippen LogP contribution is 2.26. The fourth-order valence-corrected chi connectivity index (χ4v) is 1.53. The zero-order valence-corrected chi connectivity index (χ0v) is 10.8. The van der Waals surface area contributed by atoms with Crippen LogP contribution in [0.3, 0.4) is 0 Å². The van der Waals surface area contributed by atoms with Crippen molar-refractivity contribution in [3.05, 3.63) is 23.8 Å². The molecule has 0 amide bonds. The van der Waals surface area contributed by atoms with E-state index in [1.54, 1.807) is 19.2 Å². The number of hydrogen-bond donors (Lipinski definition) is 2. The number of benzene rings is 1. The second kappa shape index (κ2) is 6.26. The van der Waals surface area contributed by atoms with Crippen LogP contribution in [0.2, 0.25) is 0 Å². The van der Waals surface area contributed by atoms with E-state index in [9.17, 15) is 4.79 Å². The van der Waals surface area contributed by atoms with Gasteiger partial charge in [-0.2, -0.15) is 0 Å². The molecule has 18 heavy (non-hydrogen) atoms. The molecule has 0 aliphatic carbocycles. The minimum absolute atomic E-state index is 0.0270. The van der Waals surface area contributed by atoms with E-state index in [0.717, 1.165) is 5.56 Å². The summed E-state index contributed by atoms with van der Waals surface area (Å²) in [6.07, 6.45) is -0.296. The van der Waals surface area contributed by atoms with Gasteiger partial charge in [-0.05, 0) is 31.9 Å². The molecule has 0 spiro atoms. The number of carboxylic acids is 1. The van der Waals surface area contributed by atoms with Gasteiger partial charge in [0.05, 0.1) is 7.11 Å². The van der Waals surface area contributed by atoms with Gasteiger partial charge in [0.2, 0.25) is 0 Å². The third-order valence-electron chi connectivity index (χ3n) is 2.47. The summed E-state index contributed by atoms with van der Waals surface area (Å²) in [6.45, 7) is 3.37. The number of methoxy groups -OCH3 is 1. The smallest absolute Gasteiger partial charge is 0.344 e. The molecule has 5 heteroatoms. The van der Waals surface area contributed by atoms with Crippen LogP contribution in [-0.4, -0.2) is 30.3 Å². The first-order valence-corrected chi connectivity index (χ1v) is 5.76. The summed E-state index contributed by atoms with van der Waals surface area (Å²) in [5.41, 5.74) is 6.63. The first kappa shape index (κ1) is 14.3. The van der Waals surface area contributed by atoms with Crippen molar-refractivity contribution in [3.8, 4) is 11.5 Å². The summed E-state index contributed by atoms with van der Waals surface area (Å²) in [4.78, 5) is 10.8. The highest BCUT2D eigenvalue weighted by molar-refractivity contribution is 5.72. The Morgan fingerprint density at radius 3 is 2.61 bits per heavy atom. The minimum Gasteiger partial charge on any atom is -0.497 e. The molecule has 1 aromatic rings. The van der Waals surface area contributed by atoms with E-state index in [4.69, 9.17) is 20.3 Å². The molecule has 0 radical (unpaired) electrons. The lowest BCUT2D eigenvalue weighted by Gasteiger charge is -2.16. The molecule has 0 heterocycles. The van der Waals surface area contributed by atoms with Crippen molar-refractivity contribution in [2.45, 2.75) is 32.4 Å². The van der Waals surface area contributed by atoms with Crippen LogP contribution in [-0.2, 0) is 11.2 Å². The number of ether oxygens (including phenoxy) is 2. The zero-order chi connectivity index (χ0) is 13.7. The normalized spacial score (nSPS) is 13.8. The lowest BCUT2D eigenvalue weighted by molar-refractivity contribution is -0.144. The highest BCUT2D eigenvalue weighted by Gasteiger charge is 2.16. The second-order valence-corrected chi connectivity index (χ2v) is 4.25. The topological polar surface area (TPSA) is 81.8 Å². The number of rotatable bonds is 6. The SMILES string of the molecule is COc1ccc(CC(C)N)c(OC(C)C(=O)O)c1. The van der Waals surface area contributed by atoms with Crippen LogP contribution >= 0.6 is 0 Å². The van der Waals surface area contributed by atoms with Crippen LogP contribution < -0.4 is 15.2 Å². The quantitative estimate of drug-likeness (QED) is 0.801. The highest BCUT2D eigenvalue weighted by atomic mass is 16.5. The molecule has 1 aromatic carbocycles. The minimum atomic E-state index is -1.01. The van der Waals surface area contributed by atoms with E-state index in [0.29, 0.717) is 17.9 Å². The van der Waals surface area contributed by atoms with Crippen molar-refractivity contribution in [3.63, 3.8) is 0 Å². The van der Waals surface area contributed by atoms with Crippen molar-refractivity contribution in [2.75, 3.05) is 7.11 Å². The van der Waals surface area contributed by atoms with Gasteiger partial charge in [0.1, 0.15) is 11.5 Å². The van der Waals surface area contributed by atoms with Gasteiger partial charge >= 0.3 is 5.97 Å². The molecule has 5 nitrogen and oxygen atoms in total. The lowest BCUT2D eigenvalue weighted by atomic mass is 10.1. The number of hydrogen-bond acceptors (Lipinski definition) is 4. The Kier molecular flexibility index (Phi) is 4.97. The fourth-order valence-electron chi connectivity index (χ4n) is 1.53. The lowest BCUT2D eigenvalue weighted by Crippen LogP contribution is -2.24. The van der Waals surface area contributed by atoms with Gasteiger partial charge in [-0.25, -0.2) is 4.79 Å². The van der Waals surface area contributed by atoms with E-state index in [1.165, 1.54) is 6.92 Å². The van der Waals surface area contributed by atoms with E-state index in [-0.39, 0.29) is 6.04 Å². The van der Waals surface area contributed by atoms with Gasteiger partial charge in [-0.15, -0.1) is 0 Å². The van der Waals surface area contributed by atoms with Crippen molar-refractivity contribution in [1.29, 1.82) is 0 Å². The Labute approximate surface area is 107 Å². The molecule has 1 rings (SSSR count). The standard InChI is InChI=1S/C13H19NO4/c1-8(14)6-10-4-5-11(17-3)7-12(10)18-9(2)13(15)16/h4-5,7-9H,6,14H2,1-3H3,(H,15,16). The first-order valence-electron chi connectivity index (χ1n) is 5.76. The molecule has 0 saturated carbocycles. The predicted octanol–water partition coefficient (Wildman–Crippen LogP) is 1.44. The molecule has 0 saturated heterocycles. The van der Waals surface area contributed by atoms with Gasteiger partial charge in [0, 0.05) is 12.1 Å². The second-order valence-electron chi connectivity index (χ2n) is 4.25. The van der Waals surface area contributed by atoms with Crippen LogP contribution in [0.25, 0.3) is 0 Å². The molecule has 2 atom stereocenters. The van der Waals surface area contributed by atoms with Gasteiger partial charge in [0.15, 0.2) is 6.10 Å². The van der Waals surface area contributed by atoms with Crippen molar-refractivity contribution in [1.82, 2.24) is 0 Å².